The Kier molecular flexibility index (Phi) is 3.91. The quantitative estimate of drug-likeness (QED) is 0.781. The fourth-order valence-corrected chi connectivity index (χ4v) is 2.60. The van der Waals surface area contributed by atoms with Gasteiger partial charge in [-0.05, 0) is 55.4 Å². The van der Waals surface area contributed by atoms with Crippen molar-refractivity contribution in [1.29, 1.82) is 0 Å². The lowest BCUT2D eigenvalue weighted by molar-refractivity contribution is 0.0545. The van der Waals surface area contributed by atoms with Crippen molar-refractivity contribution in [3.8, 4) is 5.75 Å². The summed E-state index contributed by atoms with van der Waals surface area (Å²) in [6.45, 7) is 4.59. The highest BCUT2D eigenvalue weighted by atomic mass is 79.9. The summed E-state index contributed by atoms with van der Waals surface area (Å²) in [6.07, 6.45) is 4.26. The van der Waals surface area contributed by atoms with E-state index in [9.17, 15) is 0 Å². The van der Waals surface area contributed by atoms with E-state index < -0.39 is 0 Å². The molecule has 1 nitrogen and oxygen atoms in total. The summed E-state index contributed by atoms with van der Waals surface area (Å²) in [7, 11) is 0. The van der Waals surface area contributed by atoms with Crippen molar-refractivity contribution in [3.63, 3.8) is 0 Å². The number of benzene rings is 1. The molecule has 0 aromatic heterocycles. The molecule has 2 heteroatoms. The van der Waals surface area contributed by atoms with Gasteiger partial charge in [-0.3, -0.25) is 0 Å². The maximum atomic E-state index is 5.90. The molecule has 88 valence electrons. The summed E-state index contributed by atoms with van der Waals surface area (Å²) in [5.74, 6) is 2.70. The van der Waals surface area contributed by atoms with E-state index in [-0.39, 0.29) is 0 Å². The van der Waals surface area contributed by atoms with Crippen molar-refractivity contribution in [2.75, 3.05) is 0 Å². The fourth-order valence-electron chi connectivity index (χ4n) is 2.34. The molecule has 0 atom stereocenters. The topological polar surface area (TPSA) is 9.23 Å². The van der Waals surface area contributed by atoms with E-state index in [2.05, 4.69) is 29.8 Å². The molecule has 0 spiro atoms. The molecule has 0 amide bonds. The fraction of sp³-hybridized carbons (Fsp3) is 0.571. The molecule has 0 unspecified atom stereocenters. The molecule has 2 rings (SSSR count). The Hall–Kier alpha value is -0.500. The maximum absolute atomic E-state index is 5.90. The Labute approximate surface area is 106 Å². The van der Waals surface area contributed by atoms with E-state index in [1.807, 2.05) is 24.3 Å². The van der Waals surface area contributed by atoms with Crippen LogP contribution < -0.4 is 4.74 Å². The van der Waals surface area contributed by atoms with Crippen molar-refractivity contribution in [2.24, 2.45) is 11.8 Å². The minimum absolute atomic E-state index is 0.449. The molecule has 1 fully saturated rings. The first-order valence-corrected chi connectivity index (χ1v) is 6.85. The van der Waals surface area contributed by atoms with Gasteiger partial charge in [0.2, 0.25) is 0 Å². The summed E-state index contributed by atoms with van der Waals surface area (Å²) >= 11 is 3.42. The van der Waals surface area contributed by atoms with Crippen LogP contribution in [0.5, 0.6) is 5.75 Å². The van der Waals surface area contributed by atoms with Gasteiger partial charge in [-0.1, -0.05) is 29.8 Å². The summed E-state index contributed by atoms with van der Waals surface area (Å²) < 4.78 is 7.00. The normalized spacial score (nSPS) is 24.2. The van der Waals surface area contributed by atoms with Crippen LogP contribution in [-0.4, -0.2) is 6.10 Å². The first-order valence-electron chi connectivity index (χ1n) is 6.05. The first-order chi connectivity index (χ1) is 7.63. The predicted molar refractivity (Wildman–Crippen MR) is 70.7 cm³/mol. The number of hydrogen-bond donors (Lipinski definition) is 0. The van der Waals surface area contributed by atoms with Crippen molar-refractivity contribution >= 4 is 15.9 Å². The summed E-state index contributed by atoms with van der Waals surface area (Å²) in [5.41, 5.74) is 0. The van der Waals surface area contributed by atoms with Gasteiger partial charge < -0.3 is 4.74 Å². The van der Waals surface area contributed by atoms with E-state index in [4.69, 9.17) is 4.74 Å². The summed E-state index contributed by atoms with van der Waals surface area (Å²) in [4.78, 5) is 0. The molecule has 0 radical (unpaired) electrons. The third-order valence-electron chi connectivity index (χ3n) is 3.11. The van der Waals surface area contributed by atoms with E-state index in [0.29, 0.717) is 6.10 Å². The summed E-state index contributed by atoms with van der Waals surface area (Å²) in [5, 5.41) is 0. The second kappa shape index (κ2) is 5.22. The van der Waals surface area contributed by atoms with Crippen LogP contribution in [0.2, 0.25) is 0 Å². The molecule has 0 N–H and O–H groups in total. The first kappa shape index (κ1) is 12.0. The van der Waals surface area contributed by atoms with Crippen LogP contribution >= 0.6 is 15.9 Å². The molecule has 1 aliphatic carbocycles. The smallest absolute Gasteiger partial charge is 0.119 e. The number of hydrogen-bond acceptors (Lipinski definition) is 1. The van der Waals surface area contributed by atoms with E-state index in [0.717, 1.165) is 22.1 Å². The predicted octanol–water partition coefficient (Wildman–Crippen LogP) is 4.65. The van der Waals surface area contributed by atoms with Crippen LogP contribution in [0.1, 0.15) is 33.1 Å². The van der Waals surface area contributed by atoms with Gasteiger partial charge in [0.1, 0.15) is 5.75 Å². The van der Waals surface area contributed by atoms with Gasteiger partial charge in [0.05, 0.1) is 6.10 Å². The molecule has 1 aromatic carbocycles. The Morgan fingerprint density at radius 3 is 2.44 bits per heavy atom. The number of ether oxygens (including phenoxy) is 1. The average Bonchev–Trinajstić information content (AvgIpc) is 2.17. The van der Waals surface area contributed by atoms with Gasteiger partial charge in [0, 0.05) is 4.47 Å². The summed E-state index contributed by atoms with van der Waals surface area (Å²) in [6, 6.07) is 8.11. The molecule has 0 heterocycles. The lowest BCUT2D eigenvalue weighted by atomic mass is 9.77. The molecule has 1 saturated carbocycles. The Morgan fingerprint density at radius 2 is 1.88 bits per heavy atom. The highest BCUT2D eigenvalue weighted by Gasteiger charge is 2.30. The molecule has 1 aromatic rings. The number of halogens is 1. The third kappa shape index (κ3) is 3.24. The van der Waals surface area contributed by atoms with Crippen molar-refractivity contribution in [1.82, 2.24) is 0 Å². The zero-order chi connectivity index (χ0) is 11.5. The van der Waals surface area contributed by atoms with Gasteiger partial charge in [-0.15, -0.1) is 0 Å². The molecular formula is C14H19BrO. The van der Waals surface area contributed by atoms with E-state index in [1.165, 1.54) is 19.3 Å². The van der Waals surface area contributed by atoms with Gasteiger partial charge in [0.15, 0.2) is 0 Å². The molecular weight excluding hydrogens is 264 g/mol. The second-order valence-corrected chi connectivity index (χ2v) is 6.08. The maximum Gasteiger partial charge on any atom is 0.119 e. The average molecular weight is 283 g/mol. The third-order valence-corrected chi connectivity index (χ3v) is 3.64. The molecule has 1 aliphatic rings. The Morgan fingerprint density at radius 1 is 1.25 bits per heavy atom. The van der Waals surface area contributed by atoms with Crippen molar-refractivity contribution in [2.45, 2.75) is 39.2 Å². The lowest BCUT2D eigenvalue weighted by Crippen LogP contribution is -2.34. The van der Waals surface area contributed by atoms with E-state index >= 15 is 0 Å². The van der Waals surface area contributed by atoms with Gasteiger partial charge in [-0.2, -0.15) is 0 Å². The molecule has 0 bridgehead atoms. The largest absolute Gasteiger partial charge is 0.490 e. The zero-order valence-electron chi connectivity index (χ0n) is 9.95. The lowest BCUT2D eigenvalue weighted by Gasteiger charge is -2.36. The Bertz CT molecular complexity index is 325. The Balaban J connectivity index is 1.75. The highest BCUT2D eigenvalue weighted by Crippen LogP contribution is 2.35. The molecule has 16 heavy (non-hydrogen) atoms. The van der Waals surface area contributed by atoms with Crippen LogP contribution in [0.3, 0.4) is 0 Å². The van der Waals surface area contributed by atoms with Crippen molar-refractivity contribution < 1.29 is 4.74 Å². The van der Waals surface area contributed by atoms with Crippen LogP contribution in [0, 0.1) is 11.8 Å². The zero-order valence-corrected chi connectivity index (χ0v) is 11.5. The monoisotopic (exact) mass is 282 g/mol. The molecule has 0 saturated heterocycles. The second-order valence-electron chi connectivity index (χ2n) is 5.16. The minimum Gasteiger partial charge on any atom is -0.490 e. The van der Waals surface area contributed by atoms with Crippen LogP contribution in [0.4, 0.5) is 0 Å². The minimum atomic E-state index is 0.449. The molecule has 0 aliphatic heterocycles. The van der Waals surface area contributed by atoms with Gasteiger partial charge >= 0.3 is 0 Å². The van der Waals surface area contributed by atoms with Gasteiger partial charge in [0.25, 0.3) is 0 Å². The SMILES string of the molecule is CC(C)CC1CC(Oc2ccc(Br)cc2)C1. The van der Waals surface area contributed by atoms with E-state index in [1.54, 1.807) is 0 Å². The van der Waals surface area contributed by atoms with Gasteiger partial charge in [-0.25, -0.2) is 0 Å². The number of rotatable bonds is 4. The standard InChI is InChI=1S/C14H19BrO/c1-10(2)7-11-8-14(9-11)16-13-5-3-12(15)4-6-13/h3-6,10-11,14H,7-9H2,1-2H3. The van der Waals surface area contributed by atoms with Crippen LogP contribution in [-0.2, 0) is 0 Å². The van der Waals surface area contributed by atoms with Crippen molar-refractivity contribution in [3.05, 3.63) is 28.7 Å². The highest BCUT2D eigenvalue weighted by molar-refractivity contribution is 9.10. The van der Waals surface area contributed by atoms with Crippen LogP contribution in [0.15, 0.2) is 28.7 Å². The van der Waals surface area contributed by atoms with Crippen LogP contribution in [0.25, 0.3) is 0 Å².